The van der Waals surface area contributed by atoms with E-state index in [1.807, 2.05) is 25.1 Å². The van der Waals surface area contributed by atoms with Crippen molar-refractivity contribution in [2.45, 2.75) is 56.7 Å². The monoisotopic (exact) mass is 489 g/mol. The van der Waals surface area contributed by atoms with Crippen LogP contribution in [0, 0.1) is 11.3 Å². The van der Waals surface area contributed by atoms with Crippen LogP contribution in [0.1, 0.15) is 51.0 Å². The molecule has 0 aliphatic rings. The van der Waals surface area contributed by atoms with E-state index in [1.165, 1.54) is 23.1 Å². The first kappa shape index (κ1) is 24.1. The number of nitrogens with zero attached hydrogens (tertiary/aromatic N) is 4. The van der Waals surface area contributed by atoms with Crippen molar-refractivity contribution < 1.29 is 9.53 Å². The van der Waals surface area contributed by atoms with E-state index in [9.17, 15) is 4.79 Å². The van der Waals surface area contributed by atoms with Crippen LogP contribution in [0.4, 0.5) is 5.00 Å². The number of carbonyl (C=O) groups excluding carboxylic acids is 1. The smallest absolute Gasteiger partial charge is 0.238 e. The molecule has 10 heteroatoms. The number of carbonyl (C=O) groups is 1. The Kier molecular flexibility index (Phi) is 8.56. The lowest BCUT2D eigenvalue weighted by atomic mass is 10.2. The molecule has 1 amide bonds. The van der Waals surface area contributed by atoms with Crippen molar-refractivity contribution in [3.8, 4) is 11.8 Å². The highest BCUT2D eigenvalue weighted by molar-refractivity contribution is 8.00. The van der Waals surface area contributed by atoms with Gasteiger partial charge in [-0.2, -0.15) is 5.26 Å². The van der Waals surface area contributed by atoms with Crippen molar-refractivity contribution in [3.05, 3.63) is 52.1 Å². The normalized spacial score (nSPS) is 11.9. The van der Waals surface area contributed by atoms with Gasteiger partial charge in [0.25, 0.3) is 0 Å². The van der Waals surface area contributed by atoms with Crippen LogP contribution in [0.25, 0.3) is 0 Å². The van der Waals surface area contributed by atoms with E-state index >= 15 is 0 Å². The van der Waals surface area contributed by atoms with E-state index in [2.05, 4.69) is 40.0 Å². The summed E-state index contributed by atoms with van der Waals surface area (Å²) < 4.78 is 7.94. The number of nitriles is 1. The SMILES string of the molecule is CCC(CC)n1c(COc2ccccc2Cl)nnc1SC(C)C(=O)Nc1sccc1C#N. The van der Waals surface area contributed by atoms with E-state index in [-0.39, 0.29) is 18.6 Å². The molecule has 1 N–H and O–H groups in total. The van der Waals surface area contributed by atoms with Crippen LogP contribution in [0.2, 0.25) is 5.02 Å². The number of rotatable bonds is 10. The fourth-order valence-corrected chi connectivity index (χ4v) is 5.00. The molecule has 1 aromatic carbocycles. The zero-order valence-corrected chi connectivity index (χ0v) is 20.4. The maximum atomic E-state index is 12.7. The van der Waals surface area contributed by atoms with Gasteiger partial charge in [-0.15, -0.1) is 21.5 Å². The number of amides is 1. The van der Waals surface area contributed by atoms with Gasteiger partial charge in [-0.1, -0.05) is 49.3 Å². The zero-order valence-electron chi connectivity index (χ0n) is 18.0. The predicted octanol–water partition coefficient (Wildman–Crippen LogP) is 5.92. The van der Waals surface area contributed by atoms with Crippen molar-refractivity contribution in [2.24, 2.45) is 0 Å². The van der Waals surface area contributed by atoms with Crippen molar-refractivity contribution in [3.63, 3.8) is 0 Å². The Bertz CT molecular complexity index is 1100. The highest BCUT2D eigenvalue weighted by Crippen LogP contribution is 2.31. The summed E-state index contributed by atoms with van der Waals surface area (Å²) in [6.07, 6.45) is 1.78. The Balaban J connectivity index is 1.77. The lowest BCUT2D eigenvalue weighted by Crippen LogP contribution is -2.23. The molecule has 0 bridgehead atoms. The van der Waals surface area contributed by atoms with E-state index in [1.54, 1.807) is 17.5 Å². The molecule has 1 unspecified atom stereocenters. The third-order valence-corrected chi connectivity index (χ3v) is 7.11. The van der Waals surface area contributed by atoms with Gasteiger partial charge in [0.05, 0.1) is 15.8 Å². The largest absolute Gasteiger partial charge is 0.484 e. The molecule has 0 saturated carbocycles. The van der Waals surface area contributed by atoms with Crippen LogP contribution >= 0.6 is 34.7 Å². The van der Waals surface area contributed by atoms with Crippen LogP contribution in [0.15, 0.2) is 40.9 Å². The molecule has 2 heterocycles. The molecular formula is C22H24ClN5O2S2. The van der Waals surface area contributed by atoms with Crippen molar-refractivity contribution in [1.29, 1.82) is 5.26 Å². The fourth-order valence-electron chi connectivity index (χ4n) is 3.13. The van der Waals surface area contributed by atoms with Crippen molar-refractivity contribution in [2.75, 3.05) is 5.32 Å². The van der Waals surface area contributed by atoms with E-state index in [0.717, 1.165) is 12.8 Å². The topological polar surface area (TPSA) is 92.8 Å². The van der Waals surface area contributed by atoms with Crippen LogP contribution in [0.5, 0.6) is 5.75 Å². The lowest BCUT2D eigenvalue weighted by molar-refractivity contribution is -0.115. The van der Waals surface area contributed by atoms with Gasteiger partial charge >= 0.3 is 0 Å². The molecule has 32 heavy (non-hydrogen) atoms. The molecular weight excluding hydrogens is 466 g/mol. The number of thiophene rings is 1. The molecule has 1 atom stereocenters. The minimum atomic E-state index is -0.432. The Morgan fingerprint density at radius 2 is 2.06 bits per heavy atom. The number of ether oxygens (including phenoxy) is 1. The van der Waals surface area contributed by atoms with Gasteiger partial charge in [-0.25, -0.2) is 0 Å². The minimum absolute atomic E-state index is 0.176. The molecule has 0 radical (unpaired) electrons. The van der Waals surface area contributed by atoms with E-state index < -0.39 is 5.25 Å². The van der Waals surface area contributed by atoms with Gasteiger partial charge in [-0.05, 0) is 43.3 Å². The molecule has 0 spiro atoms. The first-order chi connectivity index (χ1) is 15.5. The molecule has 2 aromatic heterocycles. The van der Waals surface area contributed by atoms with Gasteiger partial charge in [0.15, 0.2) is 11.0 Å². The third kappa shape index (κ3) is 5.63. The second-order valence-electron chi connectivity index (χ2n) is 6.98. The summed E-state index contributed by atoms with van der Waals surface area (Å²) in [5.41, 5.74) is 0.458. The molecule has 0 saturated heterocycles. The summed E-state index contributed by atoms with van der Waals surface area (Å²) >= 11 is 8.86. The van der Waals surface area contributed by atoms with Crippen LogP contribution in [-0.2, 0) is 11.4 Å². The number of aromatic nitrogens is 3. The van der Waals surface area contributed by atoms with Gasteiger partial charge in [0.1, 0.15) is 23.4 Å². The second kappa shape index (κ2) is 11.4. The Hall–Kier alpha value is -2.54. The number of anilines is 1. The summed E-state index contributed by atoms with van der Waals surface area (Å²) in [7, 11) is 0. The van der Waals surface area contributed by atoms with Crippen LogP contribution in [0.3, 0.4) is 0 Å². The maximum Gasteiger partial charge on any atom is 0.238 e. The number of halogens is 1. The van der Waals surface area contributed by atoms with Gasteiger partial charge < -0.3 is 14.6 Å². The summed E-state index contributed by atoms with van der Waals surface area (Å²) in [6.45, 7) is 6.25. The zero-order chi connectivity index (χ0) is 23.1. The molecule has 0 aliphatic heterocycles. The Morgan fingerprint density at radius 3 is 2.75 bits per heavy atom. The predicted molar refractivity (Wildman–Crippen MR) is 128 cm³/mol. The summed E-state index contributed by atoms with van der Waals surface area (Å²) in [5.74, 6) is 1.07. The molecule has 3 aromatic rings. The van der Waals surface area contributed by atoms with Gasteiger partial charge in [0, 0.05) is 6.04 Å². The number of thioether (sulfide) groups is 1. The molecule has 7 nitrogen and oxygen atoms in total. The van der Waals surface area contributed by atoms with Crippen molar-refractivity contribution in [1.82, 2.24) is 14.8 Å². The summed E-state index contributed by atoms with van der Waals surface area (Å²) in [6, 6.07) is 11.2. The third-order valence-electron chi connectivity index (χ3n) is 4.91. The number of hydrogen-bond donors (Lipinski definition) is 1. The number of hydrogen-bond acceptors (Lipinski definition) is 7. The lowest BCUT2D eigenvalue weighted by Gasteiger charge is -2.20. The Morgan fingerprint density at radius 1 is 1.31 bits per heavy atom. The summed E-state index contributed by atoms with van der Waals surface area (Å²) in [4.78, 5) is 12.7. The number of benzene rings is 1. The first-order valence-corrected chi connectivity index (χ1v) is 12.4. The highest BCUT2D eigenvalue weighted by atomic mass is 35.5. The standard InChI is InChI=1S/C22H24ClN5O2S2/c1-4-16(5-2)28-19(13-30-18-9-7-6-8-17(18)23)26-27-22(28)32-14(3)20(29)25-21-15(12-24)10-11-31-21/h6-11,14,16H,4-5,13H2,1-3H3,(H,25,29). The Labute approximate surface area is 200 Å². The molecule has 3 rings (SSSR count). The van der Waals surface area contributed by atoms with Crippen LogP contribution in [-0.4, -0.2) is 25.9 Å². The van der Waals surface area contributed by atoms with E-state index in [4.69, 9.17) is 21.6 Å². The van der Waals surface area contributed by atoms with E-state index in [0.29, 0.717) is 32.3 Å². The van der Waals surface area contributed by atoms with Gasteiger partial charge in [0.2, 0.25) is 5.91 Å². The average Bonchev–Trinajstić information content (AvgIpc) is 3.41. The fraction of sp³-hybridized carbons (Fsp3) is 0.364. The van der Waals surface area contributed by atoms with Crippen molar-refractivity contribution >= 4 is 45.6 Å². The quantitative estimate of drug-likeness (QED) is 0.355. The number of para-hydroxylation sites is 1. The first-order valence-electron chi connectivity index (χ1n) is 10.2. The molecule has 0 aliphatic carbocycles. The van der Waals surface area contributed by atoms with Gasteiger partial charge in [-0.3, -0.25) is 4.79 Å². The molecule has 168 valence electrons. The minimum Gasteiger partial charge on any atom is -0.484 e. The highest BCUT2D eigenvalue weighted by Gasteiger charge is 2.24. The average molecular weight is 490 g/mol. The second-order valence-corrected chi connectivity index (χ2v) is 9.61. The summed E-state index contributed by atoms with van der Waals surface area (Å²) in [5, 5.41) is 23.8. The number of nitrogens with one attached hydrogen (secondary N) is 1. The molecule has 0 fully saturated rings. The maximum absolute atomic E-state index is 12.7. The van der Waals surface area contributed by atoms with Crippen LogP contribution < -0.4 is 10.1 Å².